The molecule has 0 heterocycles. The topological polar surface area (TPSA) is 55.8 Å². The Morgan fingerprint density at radius 2 is 1.73 bits per heavy atom. The van der Waals surface area contributed by atoms with Gasteiger partial charge in [0.05, 0.1) is 12.2 Å². The highest BCUT2D eigenvalue weighted by Crippen LogP contribution is 2.30. The number of ether oxygens (including phenoxy) is 2. The quantitative estimate of drug-likeness (QED) is 0.631. The zero-order chi connectivity index (χ0) is 18.9. The first kappa shape index (κ1) is 19.3. The smallest absolute Gasteiger partial charge is 0.338 e. The Morgan fingerprint density at radius 1 is 1.00 bits per heavy atom. The van der Waals surface area contributed by atoms with Crippen molar-refractivity contribution in [3.05, 3.63) is 71.8 Å². The summed E-state index contributed by atoms with van der Waals surface area (Å²) in [5.41, 5.74) is 1.39. The van der Waals surface area contributed by atoms with E-state index < -0.39 is 5.97 Å². The number of esters is 1. The van der Waals surface area contributed by atoms with Crippen LogP contribution in [0, 0.1) is 0 Å². The molecule has 0 aliphatic carbocycles. The molecule has 0 spiro atoms. The van der Waals surface area contributed by atoms with Gasteiger partial charge in [0.15, 0.2) is 0 Å². The summed E-state index contributed by atoms with van der Waals surface area (Å²) in [6.45, 7) is 6.49. The average Bonchev–Trinajstić information content (AvgIpc) is 2.68. The summed E-state index contributed by atoms with van der Waals surface area (Å²) >= 11 is 0. The minimum absolute atomic E-state index is 0.0464. The monoisotopic (exact) mass is 352 g/mol. The van der Waals surface area contributed by atoms with Crippen LogP contribution in [0.1, 0.15) is 36.7 Å². The van der Waals surface area contributed by atoms with E-state index in [9.17, 15) is 9.90 Å². The van der Waals surface area contributed by atoms with Gasteiger partial charge in [-0.15, -0.1) is 0 Å². The molecule has 0 saturated heterocycles. The molecular formula is C22H24O4. The molecule has 0 fully saturated rings. The predicted molar refractivity (Wildman–Crippen MR) is 104 cm³/mol. The molecule has 0 aliphatic rings. The molecule has 0 amide bonds. The fourth-order valence-corrected chi connectivity index (χ4v) is 2.49. The maximum atomic E-state index is 11.9. The molecule has 0 atom stereocenters. The fourth-order valence-electron chi connectivity index (χ4n) is 2.49. The number of phenolic OH excluding ortho intramolecular Hbond substituents is 1. The maximum Gasteiger partial charge on any atom is 0.338 e. The second-order valence-corrected chi connectivity index (χ2v) is 5.37. The van der Waals surface area contributed by atoms with Crippen LogP contribution in [0.4, 0.5) is 0 Å². The van der Waals surface area contributed by atoms with E-state index >= 15 is 0 Å². The minimum Gasteiger partial charge on any atom is -0.507 e. The van der Waals surface area contributed by atoms with Crippen molar-refractivity contribution < 1.29 is 19.4 Å². The summed E-state index contributed by atoms with van der Waals surface area (Å²) in [5, 5.41) is 11.5. The molecule has 0 unspecified atom stereocenters. The van der Waals surface area contributed by atoms with Gasteiger partial charge in [-0.3, -0.25) is 0 Å². The van der Waals surface area contributed by atoms with Crippen LogP contribution in [0.25, 0.3) is 10.8 Å². The Morgan fingerprint density at radius 3 is 2.42 bits per heavy atom. The normalized spacial score (nSPS) is 9.96. The number of carbonyl (C=O) groups excluding carboxylic acids is 1. The van der Waals surface area contributed by atoms with Gasteiger partial charge in [-0.2, -0.15) is 0 Å². The van der Waals surface area contributed by atoms with Crippen molar-refractivity contribution in [3.8, 4) is 11.5 Å². The number of hydrogen-bond acceptors (Lipinski definition) is 4. The van der Waals surface area contributed by atoms with Gasteiger partial charge in [-0.25, -0.2) is 4.79 Å². The number of benzene rings is 3. The van der Waals surface area contributed by atoms with Gasteiger partial charge in [-0.05, 0) is 48.2 Å². The van der Waals surface area contributed by atoms with Crippen LogP contribution < -0.4 is 4.74 Å². The van der Waals surface area contributed by atoms with E-state index in [0.29, 0.717) is 23.3 Å². The lowest BCUT2D eigenvalue weighted by Crippen LogP contribution is -2.04. The summed E-state index contributed by atoms with van der Waals surface area (Å²) in [5.74, 6) is 0.266. The highest BCUT2D eigenvalue weighted by molar-refractivity contribution is 5.98. The Bertz CT molecular complexity index is 857. The van der Waals surface area contributed by atoms with Crippen molar-refractivity contribution in [2.24, 2.45) is 0 Å². The van der Waals surface area contributed by atoms with Gasteiger partial charge in [0.25, 0.3) is 0 Å². The van der Waals surface area contributed by atoms with E-state index in [1.807, 2.05) is 44.2 Å². The molecule has 0 aliphatic heterocycles. The number of carbonyl (C=O) groups is 1. The first-order chi connectivity index (χ1) is 12.7. The number of phenols is 1. The molecular weight excluding hydrogens is 328 g/mol. The second-order valence-electron chi connectivity index (χ2n) is 5.37. The first-order valence-electron chi connectivity index (χ1n) is 8.78. The molecule has 136 valence electrons. The fraction of sp³-hybridized carbons (Fsp3) is 0.227. The lowest BCUT2D eigenvalue weighted by molar-refractivity contribution is 0.0526. The molecule has 0 saturated carbocycles. The summed E-state index contributed by atoms with van der Waals surface area (Å²) in [6.07, 6.45) is 0. The van der Waals surface area contributed by atoms with Crippen LogP contribution in [-0.4, -0.2) is 17.7 Å². The zero-order valence-electron chi connectivity index (χ0n) is 15.4. The van der Waals surface area contributed by atoms with Gasteiger partial charge in [0, 0.05) is 5.39 Å². The average molecular weight is 352 g/mol. The summed E-state index contributed by atoms with van der Waals surface area (Å²) in [4.78, 5) is 11.9. The Labute approximate surface area is 154 Å². The highest BCUT2D eigenvalue weighted by Gasteiger charge is 2.11. The van der Waals surface area contributed by atoms with E-state index in [2.05, 4.69) is 0 Å². The molecule has 3 aromatic carbocycles. The number of aromatic hydroxyl groups is 1. The minimum atomic E-state index is -0.453. The summed E-state index contributed by atoms with van der Waals surface area (Å²) in [6, 6.07) is 18.4. The van der Waals surface area contributed by atoms with Crippen molar-refractivity contribution in [2.45, 2.75) is 27.4 Å². The van der Waals surface area contributed by atoms with Crippen molar-refractivity contribution in [1.29, 1.82) is 0 Å². The molecule has 3 aromatic rings. The van der Waals surface area contributed by atoms with E-state index in [1.54, 1.807) is 31.2 Å². The van der Waals surface area contributed by atoms with E-state index in [1.165, 1.54) is 6.07 Å². The van der Waals surface area contributed by atoms with E-state index in [0.717, 1.165) is 10.9 Å². The Hall–Kier alpha value is -3.01. The molecule has 1 N–H and O–H groups in total. The van der Waals surface area contributed by atoms with Crippen LogP contribution in [0.5, 0.6) is 11.5 Å². The third kappa shape index (κ3) is 4.76. The first-order valence-corrected chi connectivity index (χ1v) is 8.78. The van der Waals surface area contributed by atoms with E-state index in [-0.39, 0.29) is 12.4 Å². The molecule has 0 bridgehead atoms. The van der Waals surface area contributed by atoms with Crippen LogP contribution >= 0.6 is 0 Å². The number of fused-ring (bicyclic) bond motifs is 1. The van der Waals surface area contributed by atoms with Gasteiger partial charge < -0.3 is 14.6 Å². The van der Waals surface area contributed by atoms with Gasteiger partial charge in [0.2, 0.25) is 0 Å². The molecule has 26 heavy (non-hydrogen) atoms. The van der Waals surface area contributed by atoms with Crippen LogP contribution in [0.3, 0.4) is 0 Å². The van der Waals surface area contributed by atoms with Gasteiger partial charge in [0.1, 0.15) is 18.1 Å². The summed E-state index contributed by atoms with van der Waals surface area (Å²) in [7, 11) is 0. The molecule has 0 radical (unpaired) electrons. The standard InChI is InChI=1S/C20H18O4.C2H6/c1-2-23-20(22)16-10-15-11-17(8-9-18(15)19(21)12-16)24-13-14-6-4-3-5-7-14;1-2/h3-12,21H,2,13H2,1H3;1-2H3. The largest absolute Gasteiger partial charge is 0.507 e. The number of hydrogen-bond donors (Lipinski definition) is 1. The SMILES string of the molecule is CC.CCOC(=O)c1cc(O)c2ccc(OCc3ccccc3)cc2c1. The van der Waals surface area contributed by atoms with E-state index in [4.69, 9.17) is 9.47 Å². The van der Waals surface area contributed by atoms with Crippen LogP contribution in [0.2, 0.25) is 0 Å². The van der Waals surface area contributed by atoms with Crippen molar-refractivity contribution in [1.82, 2.24) is 0 Å². The lowest BCUT2D eigenvalue weighted by Gasteiger charge is -2.10. The van der Waals surface area contributed by atoms with Gasteiger partial charge >= 0.3 is 5.97 Å². The Kier molecular flexibility index (Phi) is 7.03. The van der Waals surface area contributed by atoms with Crippen molar-refractivity contribution in [2.75, 3.05) is 6.61 Å². The summed E-state index contributed by atoms with van der Waals surface area (Å²) < 4.78 is 10.8. The zero-order valence-corrected chi connectivity index (χ0v) is 15.4. The van der Waals surface area contributed by atoms with Gasteiger partial charge in [-0.1, -0.05) is 44.2 Å². The second kappa shape index (κ2) is 9.47. The molecule has 4 nitrogen and oxygen atoms in total. The predicted octanol–water partition coefficient (Wildman–Crippen LogP) is 5.33. The third-order valence-corrected chi connectivity index (χ3v) is 3.66. The number of rotatable bonds is 5. The highest BCUT2D eigenvalue weighted by atomic mass is 16.5. The molecule has 3 rings (SSSR count). The van der Waals surface area contributed by atoms with Crippen molar-refractivity contribution >= 4 is 16.7 Å². The van der Waals surface area contributed by atoms with Crippen LogP contribution in [0.15, 0.2) is 60.7 Å². The lowest BCUT2D eigenvalue weighted by atomic mass is 10.1. The third-order valence-electron chi connectivity index (χ3n) is 3.66. The molecule has 4 heteroatoms. The van der Waals surface area contributed by atoms with Crippen molar-refractivity contribution in [3.63, 3.8) is 0 Å². The van der Waals surface area contributed by atoms with Crippen LogP contribution in [-0.2, 0) is 11.3 Å². The maximum absolute atomic E-state index is 11.9. The molecule has 0 aromatic heterocycles. The Balaban J connectivity index is 0.00000117.